The van der Waals surface area contributed by atoms with Crippen LogP contribution < -0.4 is 0 Å². The van der Waals surface area contributed by atoms with Gasteiger partial charge in [-0.3, -0.25) is 4.79 Å². The van der Waals surface area contributed by atoms with E-state index < -0.39 is 0 Å². The highest BCUT2D eigenvalue weighted by atomic mass is 16.5. The zero-order valence-corrected chi connectivity index (χ0v) is 14.1. The van der Waals surface area contributed by atoms with E-state index in [-0.39, 0.29) is 29.5 Å². The highest BCUT2D eigenvalue weighted by Crippen LogP contribution is 2.51. The molecule has 21 heavy (non-hydrogen) atoms. The smallest absolute Gasteiger partial charge is 0.228 e. The van der Waals surface area contributed by atoms with Gasteiger partial charge in [0.15, 0.2) is 0 Å². The number of hydrogen-bond donors (Lipinski definition) is 0. The fraction of sp³-hybridized carbons (Fsp3) is 0.889. The summed E-state index contributed by atoms with van der Waals surface area (Å²) in [6.07, 6.45) is 3.80. The Balaban J connectivity index is 1.96. The lowest BCUT2D eigenvalue weighted by Gasteiger charge is -2.56. The first-order valence-electron chi connectivity index (χ1n) is 8.56. The number of amides is 1. The van der Waals surface area contributed by atoms with Crippen molar-refractivity contribution in [1.82, 2.24) is 4.90 Å². The Kier molecular flexibility index (Phi) is 3.63. The van der Waals surface area contributed by atoms with Crippen LogP contribution in [0.2, 0.25) is 0 Å². The summed E-state index contributed by atoms with van der Waals surface area (Å²) in [5.74, 6) is 1.87. The number of carbonyl (C=O) groups is 1. The Morgan fingerprint density at radius 2 is 2.00 bits per heavy atom. The molecular formula is C18H30NO2. The molecule has 3 aliphatic rings. The van der Waals surface area contributed by atoms with E-state index in [0.29, 0.717) is 17.9 Å². The first kappa shape index (κ1) is 15.3. The second kappa shape index (κ2) is 4.97. The third-order valence-corrected chi connectivity index (χ3v) is 6.27. The van der Waals surface area contributed by atoms with Crippen molar-refractivity contribution in [3.8, 4) is 0 Å². The number of nitrogens with zero attached hydrogens (tertiary/aromatic N) is 1. The molecule has 0 spiro atoms. The minimum atomic E-state index is -0.160. The molecule has 3 rings (SSSR count). The van der Waals surface area contributed by atoms with Crippen LogP contribution in [0.3, 0.4) is 0 Å². The molecule has 2 aliphatic heterocycles. The highest BCUT2D eigenvalue weighted by molar-refractivity contribution is 5.83. The molecule has 1 amide bonds. The van der Waals surface area contributed by atoms with Gasteiger partial charge in [-0.05, 0) is 45.4 Å². The summed E-state index contributed by atoms with van der Waals surface area (Å²) in [5, 5.41) is 0. The molecule has 3 nitrogen and oxygen atoms in total. The van der Waals surface area contributed by atoms with Crippen molar-refractivity contribution in [3.63, 3.8) is 0 Å². The normalized spacial score (nSPS) is 45.7. The second-order valence-electron chi connectivity index (χ2n) is 8.38. The van der Waals surface area contributed by atoms with E-state index in [9.17, 15) is 4.79 Å². The van der Waals surface area contributed by atoms with E-state index in [4.69, 9.17) is 4.74 Å². The van der Waals surface area contributed by atoms with Gasteiger partial charge < -0.3 is 9.64 Å². The SMILES string of the molecule is [CH2][C@H]1C(=O)N2[C@@H](O[C@@H]3C[C@H](C)CC[C@H]3C2(C)C)[C@@H]1C(C)C. The number of fused-ring (bicyclic) bond motifs is 2. The van der Waals surface area contributed by atoms with Gasteiger partial charge in [0.2, 0.25) is 5.91 Å². The van der Waals surface area contributed by atoms with Gasteiger partial charge in [-0.25, -0.2) is 0 Å². The molecule has 2 saturated heterocycles. The van der Waals surface area contributed by atoms with Gasteiger partial charge in [0, 0.05) is 23.3 Å². The van der Waals surface area contributed by atoms with Gasteiger partial charge in [-0.2, -0.15) is 0 Å². The van der Waals surface area contributed by atoms with Gasteiger partial charge in [-0.1, -0.05) is 27.2 Å². The van der Waals surface area contributed by atoms with Crippen molar-refractivity contribution in [3.05, 3.63) is 6.92 Å². The molecular weight excluding hydrogens is 262 g/mol. The van der Waals surface area contributed by atoms with Crippen molar-refractivity contribution in [2.75, 3.05) is 0 Å². The molecule has 1 radical (unpaired) electrons. The summed E-state index contributed by atoms with van der Waals surface area (Å²) in [7, 11) is 0. The minimum absolute atomic E-state index is 0.0680. The van der Waals surface area contributed by atoms with Crippen LogP contribution in [0.5, 0.6) is 0 Å². The predicted molar refractivity (Wildman–Crippen MR) is 83.3 cm³/mol. The third-order valence-electron chi connectivity index (χ3n) is 6.27. The quantitative estimate of drug-likeness (QED) is 0.740. The van der Waals surface area contributed by atoms with E-state index in [1.54, 1.807) is 0 Å². The van der Waals surface area contributed by atoms with E-state index in [1.807, 2.05) is 4.90 Å². The van der Waals surface area contributed by atoms with Crippen LogP contribution in [0.25, 0.3) is 0 Å². The predicted octanol–water partition coefficient (Wildman–Crippen LogP) is 3.49. The van der Waals surface area contributed by atoms with Gasteiger partial charge >= 0.3 is 0 Å². The first-order chi connectivity index (χ1) is 9.75. The molecule has 0 unspecified atom stereocenters. The summed E-state index contributed by atoms with van der Waals surface area (Å²) in [4.78, 5) is 14.8. The number of rotatable bonds is 1. The Labute approximate surface area is 129 Å². The standard InChI is InChI=1S/C18H30NO2/c1-10(2)15-12(4)16(20)19-17(15)21-14-9-11(3)7-8-13(14)18(19,5)6/h10-15,17H,4,7-9H2,1-3,5-6H3/t11-,12-,13-,14-,15-,17+/m1/s1. The van der Waals surface area contributed by atoms with Crippen LogP contribution in [0.1, 0.15) is 53.9 Å². The van der Waals surface area contributed by atoms with Gasteiger partial charge in [0.1, 0.15) is 6.23 Å². The maximum atomic E-state index is 12.8. The monoisotopic (exact) mass is 292 g/mol. The average molecular weight is 292 g/mol. The Hall–Kier alpha value is -0.570. The highest BCUT2D eigenvalue weighted by Gasteiger charge is 2.60. The van der Waals surface area contributed by atoms with Crippen LogP contribution in [-0.2, 0) is 9.53 Å². The van der Waals surface area contributed by atoms with E-state index in [2.05, 4.69) is 41.5 Å². The maximum Gasteiger partial charge on any atom is 0.228 e. The van der Waals surface area contributed by atoms with Crippen molar-refractivity contribution in [2.45, 2.75) is 71.8 Å². The van der Waals surface area contributed by atoms with Gasteiger partial charge in [0.25, 0.3) is 0 Å². The molecule has 119 valence electrons. The first-order valence-corrected chi connectivity index (χ1v) is 8.56. The average Bonchev–Trinajstić information content (AvgIpc) is 2.61. The third kappa shape index (κ3) is 2.15. The molecule has 1 aliphatic carbocycles. The van der Waals surface area contributed by atoms with Crippen LogP contribution >= 0.6 is 0 Å². The van der Waals surface area contributed by atoms with E-state index >= 15 is 0 Å². The molecule has 1 saturated carbocycles. The lowest BCUT2D eigenvalue weighted by molar-refractivity contribution is -0.230. The summed E-state index contributed by atoms with van der Waals surface area (Å²) in [6, 6.07) is 0. The number of hydrogen-bond acceptors (Lipinski definition) is 2. The van der Waals surface area contributed by atoms with Crippen LogP contribution in [-0.4, -0.2) is 28.7 Å². The summed E-state index contributed by atoms with van der Waals surface area (Å²) in [5.41, 5.74) is -0.107. The topological polar surface area (TPSA) is 29.5 Å². The van der Waals surface area contributed by atoms with Crippen molar-refractivity contribution in [2.24, 2.45) is 29.6 Å². The number of ether oxygens (including phenoxy) is 1. The minimum Gasteiger partial charge on any atom is -0.354 e. The summed E-state index contributed by atoms with van der Waals surface area (Å²) < 4.78 is 6.50. The Morgan fingerprint density at radius 3 is 2.62 bits per heavy atom. The zero-order valence-electron chi connectivity index (χ0n) is 14.1. The summed E-state index contributed by atoms with van der Waals surface area (Å²) >= 11 is 0. The van der Waals surface area contributed by atoms with Crippen molar-refractivity contribution >= 4 is 5.91 Å². The molecule has 0 aromatic carbocycles. The largest absolute Gasteiger partial charge is 0.354 e. The molecule has 3 fully saturated rings. The fourth-order valence-corrected chi connectivity index (χ4v) is 5.04. The van der Waals surface area contributed by atoms with Crippen LogP contribution in [0, 0.1) is 36.5 Å². The number of carbonyl (C=O) groups excluding carboxylic acids is 1. The fourth-order valence-electron chi connectivity index (χ4n) is 5.04. The van der Waals surface area contributed by atoms with Gasteiger partial charge in [-0.15, -0.1) is 0 Å². The lowest BCUT2D eigenvalue weighted by Crippen LogP contribution is -2.64. The van der Waals surface area contributed by atoms with Crippen LogP contribution in [0.4, 0.5) is 0 Å². The Bertz CT molecular complexity index is 431. The molecule has 0 aromatic rings. The molecule has 2 heterocycles. The molecule has 6 atom stereocenters. The van der Waals surface area contributed by atoms with Crippen LogP contribution in [0.15, 0.2) is 0 Å². The second-order valence-corrected chi connectivity index (χ2v) is 8.38. The van der Waals surface area contributed by atoms with Crippen molar-refractivity contribution in [1.29, 1.82) is 0 Å². The molecule has 0 N–H and O–H groups in total. The van der Waals surface area contributed by atoms with E-state index in [1.165, 1.54) is 12.8 Å². The Morgan fingerprint density at radius 1 is 1.33 bits per heavy atom. The molecule has 0 aromatic heterocycles. The molecule has 3 heteroatoms. The van der Waals surface area contributed by atoms with Crippen molar-refractivity contribution < 1.29 is 9.53 Å². The zero-order chi connectivity index (χ0) is 15.5. The maximum absolute atomic E-state index is 12.8. The van der Waals surface area contributed by atoms with E-state index in [0.717, 1.165) is 12.3 Å². The molecule has 0 bridgehead atoms. The summed E-state index contributed by atoms with van der Waals surface area (Å²) in [6.45, 7) is 15.3. The van der Waals surface area contributed by atoms with Gasteiger partial charge in [0.05, 0.1) is 6.10 Å². The lowest BCUT2D eigenvalue weighted by atomic mass is 9.69.